The predicted molar refractivity (Wildman–Crippen MR) is 122 cm³/mol. The SMILES string of the molecule is CCn1c(SCC(=O)N2CCC[C@@H]2c2ccc3c(c2)OCCCO3)nc2ccccc21. The zero-order chi connectivity index (χ0) is 21.2. The third-order valence-electron chi connectivity index (χ3n) is 5.99. The maximum absolute atomic E-state index is 13.2. The van der Waals surface area contributed by atoms with Crippen LogP contribution >= 0.6 is 11.8 Å². The average Bonchev–Trinajstić information content (AvgIpc) is 3.35. The lowest BCUT2D eigenvalue weighted by Crippen LogP contribution is -2.32. The zero-order valence-electron chi connectivity index (χ0n) is 17.8. The van der Waals surface area contributed by atoms with Crippen LogP contribution in [0.4, 0.5) is 0 Å². The van der Waals surface area contributed by atoms with Gasteiger partial charge in [-0.1, -0.05) is 30.0 Å². The van der Waals surface area contributed by atoms with Gasteiger partial charge in [-0.05, 0) is 49.6 Å². The minimum absolute atomic E-state index is 0.0928. The van der Waals surface area contributed by atoms with Gasteiger partial charge in [0.25, 0.3) is 0 Å². The number of aromatic nitrogens is 2. The molecule has 0 saturated carbocycles. The van der Waals surface area contributed by atoms with E-state index in [1.54, 1.807) is 0 Å². The Bertz CT molecular complexity index is 1100. The number of carbonyl (C=O) groups is 1. The van der Waals surface area contributed by atoms with Gasteiger partial charge in [0, 0.05) is 19.5 Å². The molecule has 162 valence electrons. The summed E-state index contributed by atoms with van der Waals surface area (Å²) in [6.45, 7) is 5.09. The molecular weight excluding hydrogens is 410 g/mol. The summed E-state index contributed by atoms with van der Waals surface area (Å²) < 4.78 is 13.8. The van der Waals surface area contributed by atoms with Gasteiger partial charge in [-0.3, -0.25) is 4.79 Å². The largest absolute Gasteiger partial charge is 0.490 e. The fourth-order valence-corrected chi connectivity index (χ4v) is 5.44. The molecule has 2 aliphatic rings. The Morgan fingerprint density at radius 1 is 1.13 bits per heavy atom. The van der Waals surface area contributed by atoms with E-state index in [1.807, 2.05) is 29.2 Å². The van der Waals surface area contributed by atoms with Gasteiger partial charge in [-0.25, -0.2) is 4.98 Å². The number of hydrogen-bond donors (Lipinski definition) is 0. The molecular formula is C24H27N3O3S. The van der Waals surface area contributed by atoms with Crippen molar-refractivity contribution in [3.63, 3.8) is 0 Å². The lowest BCUT2D eigenvalue weighted by atomic mass is 10.0. The third-order valence-corrected chi connectivity index (χ3v) is 6.95. The molecule has 1 fully saturated rings. The van der Waals surface area contributed by atoms with Crippen LogP contribution in [0.1, 0.15) is 37.8 Å². The van der Waals surface area contributed by atoms with Crippen LogP contribution < -0.4 is 9.47 Å². The second kappa shape index (κ2) is 8.83. The van der Waals surface area contributed by atoms with E-state index in [9.17, 15) is 4.79 Å². The normalized spacial score (nSPS) is 18.4. The quantitative estimate of drug-likeness (QED) is 0.543. The number of para-hydroxylation sites is 2. The minimum atomic E-state index is 0.0928. The highest BCUT2D eigenvalue weighted by Crippen LogP contribution is 2.38. The summed E-state index contributed by atoms with van der Waals surface area (Å²) in [5.41, 5.74) is 3.22. The van der Waals surface area contributed by atoms with Gasteiger partial charge < -0.3 is 18.9 Å². The number of rotatable bonds is 5. The van der Waals surface area contributed by atoms with Crippen molar-refractivity contribution < 1.29 is 14.3 Å². The van der Waals surface area contributed by atoms with Crippen molar-refractivity contribution in [1.82, 2.24) is 14.5 Å². The molecule has 31 heavy (non-hydrogen) atoms. The van der Waals surface area contributed by atoms with Crippen LogP contribution in [0.2, 0.25) is 0 Å². The molecule has 0 bridgehead atoms. The number of amides is 1. The second-order valence-corrected chi connectivity index (χ2v) is 8.86. The van der Waals surface area contributed by atoms with Crippen molar-refractivity contribution in [2.45, 2.75) is 43.9 Å². The van der Waals surface area contributed by atoms with E-state index in [-0.39, 0.29) is 11.9 Å². The number of aryl methyl sites for hydroxylation is 1. The Hall–Kier alpha value is -2.67. The zero-order valence-corrected chi connectivity index (χ0v) is 18.6. The number of benzene rings is 2. The number of carbonyl (C=O) groups excluding carboxylic acids is 1. The van der Waals surface area contributed by atoms with Crippen molar-refractivity contribution in [2.75, 3.05) is 25.5 Å². The van der Waals surface area contributed by atoms with Crippen LogP contribution in [0, 0.1) is 0 Å². The Morgan fingerprint density at radius 2 is 1.97 bits per heavy atom. The molecule has 1 aromatic heterocycles. The predicted octanol–water partition coefficient (Wildman–Crippen LogP) is 4.67. The van der Waals surface area contributed by atoms with Crippen LogP contribution in [-0.4, -0.2) is 45.9 Å². The molecule has 5 rings (SSSR count). The first-order valence-electron chi connectivity index (χ1n) is 11.0. The smallest absolute Gasteiger partial charge is 0.233 e. The maximum Gasteiger partial charge on any atom is 0.233 e. The van der Waals surface area contributed by atoms with Crippen LogP contribution in [0.5, 0.6) is 11.5 Å². The summed E-state index contributed by atoms with van der Waals surface area (Å²) in [6, 6.07) is 14.3. The van der Waals surface area contributed by atoms with Crippen molar-refractivity contribution in [1.29, 1.82) is 0 Å². The molecule has 3 aromatic rings. The highest BCUT2D eigenvalue weighted by atomic mass is 32.2. The molecule has 0 spiro atoms. The summed E-state index contributed by atoms with van der Waals surface area (Å²) in [5, 5.41) is 0.906. The van der Waals surface area contributed by atoms with Crippen LogP contribution in [0.3, 0.4) is 0 Å². The van der Waals surface area contributed by atoms with E-state index in [4.69, 9.17) is 14.5 Å². The molecule has 0 aliphatic carbocycles. The number of likely N-dealkylation sites (tertiary alicyclic amines) is 1. The summed E-state index contributed by atoms with van der Waals surface area (Å²) in [4.78, 5) is 19.9. The fraction of sp³-hybridized carbons (Fsp3) is 0.417. The van der Waals surface area contributed by atoms with Crippen LogP contribution in [0.25, 0.3) is 11.0 Å². The Morgan fingerprint density at radius 3 is 2.84 bits per heavy atom. The van der Waals surface area contributed by atoms with E-state index < -0.39 is 0 Å². The number of nitrogens with zero attached hydrogens (tertiary/aromatic N) is 3. The molecule has 2 aromatic carbocycles. The third kappa shape index (κ3) is 3.99. The standard InChI is InChI=1S/C24H27N3O3S/c1-2-26-20-8-4-3-7-18(20)25-24(26)31-16-23(28)27-12-5-9-19(27)17-10-11-21-22(15-17)30-14-6-13-29-21/h3-4,7-8,10-11,15,19H,2,5-6,9,12-14,16H2,1H3/t19-/m1/s1. The molecule has 1 atom stereocenters. The number of imidazole rings is 1. The van der Waals surface area contributed by atoms with Crippen LogP contribution in [-0.2, 0) is 11.3 Å². The van der Waals surface area contributed by atoms with E-state index in [1.165, 1.54) is 11.8 Å². The van der Waals surface area contributed by atoms with E-state index in [0.29, 0.717) is 19.0 Å². The van der Waals surface area contributed by atoms with Gasteiger partial charge in [0.1, 0.15) is 0 Å². The average molecular weight is 438 g/mol. The van der Waals surface area contributed by atoms with E-state index in [2.05, 4.69) is 29.7 Å². The van der Waals surface area contributed by atoms with Crippen molar-refractivity contribution in [3.8, 4) is 11.5 Å². The molecule has 3 heterocycles. The molecule has 7 heteroatoms. The van der Waals surface area contributed by atoms with Crippen molar-refractivity contribution in [2.24, 2.45) is 0 Å². The van der Waals surface area contributed by atoms with Gasteiger partial charge in [-0.2, -0.15) is 0 Å². The number of ether oxygens (including phenoxy) is 2. The first-order valence-corrected chi connectivity index (χ1v) is 12.0. The maximum atomic E-state index is 13.2. The summed E-state index contributed by atoms with van der Waals surface area (Å²) >= 11 is 1.53. The number of hydrogen-bond acceptors (Lipinski definition) is 5. The molecule has 0 unspecified atom stereocenters. The Kier molecular flexibility index (Phi) is 5.76. The van der Waals surface area contributed by atoms with Gasteiger partial charge in [0.05, 0.1) is 36.0 Å². The van der Waals surface area contributed by atoms with Gasteiger partial charge >= 0.3 is 0 Å². The number of fused-ring (bicyclic) bond motifs is 2. The Balaban J connectivity index is 1.31. The molecule has 0 radical (unpaired) electrons. The lowest BCUT2D eigenvalue weighted by molar-refractivity contribution is -0.129. The Labute approximate surface area is 186 Å². The second-order valence-electron chi connectivity index (χ2n) is 7.92. The summed E-state index contributed by atoms with van der Waals surface area (Å²) in [5.74, 6) is 2.14. The molecule has 1 saturated heterocycles. The first kappa shape index (κ1) is 20.2. The lowest BCUT2D eigenvalue weighted by Gasteiger charge is -2.25. The fourth-order valence-electron chi connectivity index (χ4n) is 4.48. The highest BCUT2D eigenvalue weighted by Gasteiger charge is 2.31. The highest BCUT2D eigenvalue weighted by molar-refractivity contribution is 7.99. The van der Waals surface area contributed by atoms with Gasteiger partial charge in [-0.15, -0.1) is 0 Å². The van der Waals surface area contributed by atoms with Crippen molar-refractivity contribution >= 4 is 28.7 Å². The van der Waals surface area contributed by atoms with Gasteiger partial charge in [0.2, 0.25) is 5.91 Å². The number of thioether (sulfide) groups is 1. The van der Waals surface area contributed by atoms with E-state index in [0.717, 1.165) is 65.6 Å². The van der Waals surface area contributed by atoms with Crippen LogP contribution in [0.15, 0.2) is 47.6 Å². The first-order chi connectivity index (χ1) is 15.2. The molecule has 1 amide bonds. The van der Waals surface area contributed by atoms with Crippen molar-refractivity contribution in [3.05, 3.63) is 48.0 Å². The molecule has 0 N–H and O–H groups in total. The summed E-state index contributed by atoms with van der Waals surface area (Å²) in [7, 11) is 0. The summed E-state index contributed by atoms with van der Waals surface area (Å²) in [6.07, 6.45) is 2.88. The minimum Gasteiger partial charge on any atom is -0.490 e. The molecule has 2 aliphatic heterocycles. The topological polar surface area (TPSA) is 56.6 Å². The van der Waals surface area contributed by atoms with Gasteiger partial charge in [0.15, 0.2) is 16.7 Å². The van der Waals surface area contributed by atoms with E-state index >= 15 is 0 Å². The molecule has 6 nitrogen and oxygen atoms in total. The monoisotopic (exact) mass is 437 g/mol.